The van der Waals surface area contributed by atoms with E-state index in [1.807, 2.05) is 33.8 Å². The molecular formula is C25H44BrO2P. The molecule has 0 aliphatic rings. The summed E-state index contributed by atoms with van der Waals surface area (Å²) in [6.07, 6.45) is 13.5. The average Bonchev–Trinajstić information content (AvgIpc) is 2.61. The van der Waals surface area contributed by atoms with Gasteiger partial charge in [-0.15, -0.1) is 0 Å². The molecule has 1 aromatic rings. The van der Waals surface area contributed by atoms with E-state index in [1.165, 1.54) is 68.7 Å². The van der Waals surface area contributed by atoms with Crippen molar-refractivity contribution in [3.8, 4) is 0 Å². The lowest BCUT2D eigenvalue weighted by molar-refractivity contribution is -0.000185. The van der Waals surface area contributed by atoms with Crippen LogP contribution in [0.5, 0.6) is 0 Å². The van der Waals surface area contributed by atoms with Crippen molar-refractivity contribution >= 4 is 13.2 Å². The summed E-state index contributed by atoms with van der Waals surface area (Å²) in [5.41, 5.74) is 2.72. The second-order valence-electron chi connectivity index (χ2n) is 9.38. The molecule has 0 saturated carbocycles. The third-order valence-electron chi connectivity index (χ3n) is 5.39. The molecule has 0 spiro atoms. The molecule has 0 unspecified atom stereocenters. The highest BCUT2D eigenvalue weighted by molar-refractivity contribution is 7.75. The Bertz CT molecular complexity index is 586. The molecule has 0 aliphatic heterocycles. The highest BCUT2D eigenvalue weighted by atomic mass is 79.9. The first-order chi connectivity index (χ1) is 13.2. The summed E-state index contributed by atoms with van der Waals surface area (Å²) in [7, 11) is -0.976. The number of carbonyl (C=O) groups excluding carboxylic acids is 1. The molecule has 0 heterocycles. The number of aryl methyl sites for hydroxylation is 1. The maximum Gasteiger partial charge on any atom is 0.338 e. The number of hydrogen-bond donors (Lipinski definition) is 0. The number of benzene rings is 1. The molecule has 0 aromatic heterocycles. The van der Waals surface area contributed by atoms with Crippen molar-refractivity contribution in [1.29, 1.82) is 0 Å². The summed E-state index contributed by atoms with van der Waals surface area (Å²) >= 11 is 0. The zero-order chi connectivity index (χ0) is 21.2. The van der Waals surface area contributed by atoms with Crippen molar-refractivity contribution in [2.45, 2.75) is 98.8 Å². The van der Waals surface area contributed by atoms with Crippen molar-refractivity contribution in [3.05, 3.63) is 34.9 Å². The fraction of sp³-hybridized carbons (Fsp3) is 0.720. The van der Waals surface area contributed by atoms with Gasteiger partial charge in [-0.25, -0.2) is 4.79 Å². The van der Waals surface area contributed by atoms with Crippen LogP contribution in [0.25, 0.3) is 0 Å². The molecule has 0 atom stereocenters. The van der Waals surface area contributed by atoms with Crippen LogP contribution >= 0.6 is 7.26 Å². The predicted octanol–water partition coefficient (Wildman–Crippen LogP) is 4.87. The fourth-order valence-corrected chi connectivity index (χ4v) is 8.90. The van der Waals surface area contributed by atoms with Crippen LogP contribution in [0.2, 0.25) is 0 Å². The maximum atomic E-state index is 12.5. The van der Waals surface area contributed by atoms with E-state index in [0.29, 0.717) is 5.56 Å². The van der Waals surface area contributed by atoms with E-state index in [4.69, 9.17) is 4.74 Å². The van der Waals surface area contributed by atoms with E-state index in [2.05, 4.69) is 32.9 Å². The highest BCUT2D eigenvalue weighted by Crippen LogP contribution is 2.63. The molecule has 29 heavy (non-hydrogen) atoms. The summed E-state index contributed by atoms with van der Waals surface area (Å²) in [4.78, 5) is 12.5. The van der Waals surface area contributed by atoms with Gasteiger partial charge in [0.15, 0.2) is 0 Å². The number of hydrogen-bond acceptors (Lipinski definition) is 2. The highest BCUT2D eigenvalue weighted by Gasteiger charge is 2.35. The van der Waals surface area contributed by atoms with Crippen molar-refractivity contribution < 1.29 is 26.5 Å². The van der Waals surface area contributed by atoms with Gasteiger partial charge in [0, 0.05) is 7.26 Å². The molecule has 168 valence electrons. The summed E-state index contributed by atoms with van der Waals surface area (Å²) in [6.45, 7) is 14.7. The minimum atomic E-state index is -0.976. The molecule has 0 N–H and O–H groups in total. The number of ether oxygens (including phenoxy) is 1. The van der Waals surface area contributed by atoms with Gasteiger partial charge in [-0.05, 0) is 64.2 Å². The number of esters is 1. The lowest BCUT2D eigenvalue weighted by atomic mass is 10.1. The zero-order valence-electron chi connectivity index (χ0n) is 19.9. The van der Waals surface area contributed by atoms with Gasteiger partial charge in [-0.3, -0.25) is 0 Å². The SMILES string of the molecule is CCCC[P+](CCCC)(CCCC)Cc1ccc(C(=O)OC(C)(C)C)c(C)c1.[Br-]. The topological polar surface area (TPSA) is 26.3 Å². The maximum absolute atomic E-state index is 12.5. The third kappa shape index (κ3) is 10.5. The molecule has 0 fully saturated rings. The summed E-state index contributed by atoms with van der Waals surface area (Å²) < 4.78 is 5.57. The Morgan fingerprint density at radius 2 is 1.41 bits per heavy atom. The van der Waals surface area contributed by atoms with E-state index in [9.17, 15) is 4.79 Å². The molecule has 0 amide bonds. The number of unbranched alkanes of at least 4 members (excludes halogenated alkanes) is 3. The standard InChI is InChI=1S/C25H44O2P.BrH/c1-8-11-16-28(17-12-9-2,18-13-10-3)20-22-14-15-23(21(4)19-22)24(26)27-25(5,6)7;/h14-15,19H,8-13,16-18,20H2,1-7H3;1H/q+1;/p-1. The number of carbonyl (C=O) groups is 1. The zero-order valence-corrected chi connectivity index (χ0v) is 22.4. The molecule has 0 bridgehead atoms. The van der Waals surface area contributed by atoms with E-state index in [0.717, 1.165) is 5.56 Å². The minimum absolute atomic E-state index is 0. The van der Waals surface area contributed by atoms with E-state index >= 15 is 0 Å². The largest absolute Gasteiger partial charge is 1.00 e. The van der Waals surface area contributed by atoms with Crippen molar-refractivity contribution in [2.24, 2.45) is 0 Å². The van der Waals surface area contributed by atoms with Gasteiger partial charge >= 0.3 is 5.97 Å². The number of rotatable bonds is 12. The van der Waals surface area contributed by atoms with Crippen LogP contribution in [0.15, 0.2) is 18.2 Å². The molecule has 1 aromatic carbocycles. The van der Waals surface area contributed by atoms with Gasteiger partial charge in [0.05, 0.1) is 30.2 Å². The Morgan fingerprint density at radius 3 is 1.79 bits per heavy atom. The Kier molecular flexibility index (Phi) is 13.6. The van der Waals surface area contributed by atoms with Gasteiger partial charge in [0.2, 0.25) is 0 Å². The van der Waals surface area contributed by atoms with E-state index in [1.54, 1.807) is 0 Å². The second-order valence-corrected chi connectivity index (χ2v) is 13.7. The molecule has 2 nitrogen and oxygen atoms in total. The molecule has 0 saturated heterocycles. The monoisotopic (exact) mass is 486 g/mol. The smallest absolute Gasteiger partial charge is 0.338 e. The normalized spacial score (nSPS) is 11.8. The lowest BCUT2D eigenvalue weighted by Crippen LogP contribution is -3.00. The van der Waals surface area contributed by atoms with Crippen LogP contribution in [-0.2, 0) is 10.9 Å². The molecule has 0 aliphatic carbocycles. The van der Waals surface area contributed by atoms with Crippen LogP contribution in [0.4, 0.5) is 0 Å². The van der Waals surface area contributed by atoms with Crippen LogP contribution in [0, 0.1) is 6.92 Å². The Morgan fingerprint density at radius 1 is 0.931 bits per heavy atom. The fourth-order valence-electron chi connectivity index (χ4n) is 3.83. The van der Waals surface area contributed by atoms with Crippen LogP contribution in [-0.4, -0.2) is 30.1 Å². The minimum Gasteiger partial charge on any atom is -1.00 e. The molecule has 0 radical (unpaired) electrons. The quantitative estimate of drug-likeness (QED) is 0.311. The number of halogens is 1. The van der Waals surface area contributed by atoms with Gasteiger partial charge < -0.3 is 21.7 Å². The average molecular weight is 488 g/mol. The Labute approximate surface area is 191 Å². The molecular weight excluding hydrogens is 443 g/mol. The van der Waals surface area contributed by atoms with Crippen LogP contribution < -0.4 is 17.0 Å². The van der Waals surface area contributed by atoms with Gasteiger partial charge in [-0.2, -0.15) is 0 Å². The summed E-state index contributed by atoms with van der Waals surface area (Å²) in [5, 5.41) is 0. The van der Waals surface area contributed by atoms with E-state index in [-0.39, 0.29) is 23.0 Å². The van der Waals surface area contributed by atoms with Crippen molar-refractivity contribution in [3.63, 3.8) is 0 Å². The van der Waals surface area contributed by atoms with Gasteiger partial charge in [0.25, 0.3) is 0 Å². The Balaban J connectivity index is 0.00000784. The molecule has 1 rings (SSSR count). The second kappa shape index (κ2) is 13.8. The third-order valence-corrected chi connectivity index (χ3v) is 10.2. The predicted molar refractivity (Wildman–Crippen MR) is 126 cm³/mol. The first-order valence-electron chi connectivity index (χ1n) is 11.3. The first-order valence-corrected chi connectivity index (χ1v) is 13.9. The van der Waals surface area contributed by atoms with Crippen LogP contribution in [0.1, 0.15) is 102 Å². The Hall–Kier alpha value is -0.400. The van der Waals surface area contributed by atoms with E-state index < -0.39 is 12.9 Å². The van der Waals surface area contributed by atoms with Crippen LogP contribution in [0.3, 0.4) is 0 Å². The van der Waals surface area contributed by atoms with Gasteiger partial charge in [-0.1, -0.05) is 52.2 Å². The van der Waals surface area contributed by atoms with Gasteiger partial charge in [0.1, 0.15) is 5.60 Å². The van der Waals surface area contributed by atoms with Crippen molar-refractivity contribution in [1.82, 2.24) is 0 Å². The first kappa shape index (κ1) is 28.6. The summed E-state index contributed by atoms with van der Waals surface area (Å²) in [5.74, 6) is -0.208. The lowest BCUT2D eigenvalue weighted by Gasteiger charge is -2.28. The molecule has 4 heteroatoms. The summed E-state index contributed by atoms with van der Waals surface area (Å²) in [6, 6.07) is 6.43. The van der Waals surface area contributed by atoms with Crippen molar-refractivity contribution in [2.75, 3.05) is 18.5 Å².